The summed E-state index contributed by atoms with van der Waals surface area (Å²) < 4.78 is 19.2. The molecule has 0 saturated heterocycles. The number of thioether (sulfide) groups is 1. The molecule has 0 amide bonds. The van der Waals surface area contributed by atoms with Gasteiger partial charge in [-0.1, -0.05) is 29.4 Å². The molecule has 0 unspecified atom stereocenters. The third-order valence-electron chi connectivity index (χ3n) is 2.99. The first kappa shape index (κ1) is 16.3. The van der Waals surface area contributed by atoms with Crippen LogP contribution in [0.2, 0.25) is 5.02 Å². The summed E-state index contributed by atoms with van der Waals surface area (Å²) in [5, 5.41) is 8.81. The number of halogens is 2. The fourth-order valence-electron chi connectivity index (χ4n) is 1.83. The van der Waals surface area contributed by atoms with E-state index in [1.54, 1.807) is 12.1 Å². The summed E-state index contributed by atoms with van der Waals surface area (Å²) in [6.45, 7) is 0.953. The third kappa shape index (κ3) is 4.98. The van der Waals surface area contributed by atoms with Gasteiger partial charge in [0.1, 0.15) is 5.82 Å². The van der Waals surface area contributed by atoms with Gasteiger partial charge in [0, 0.05) is 22.8 Å². The van der Waals surface area contributed by atoms with E-state index in [1.165, 1.54) is 17.8 Å². The highest BCUT2D eigenvalue weighted by Gasteiger charge is 2.11. The first-order valence-corrected chi connectivity index (χ1v) is 8.24. The topological polar surface area (TPSA) is 66.6 Å². The lowest BCUT2D eigenvalue weighted by Crippen LogP contribution is -2.50. The first-order chi connectivity index (χ1) is 10.2. The van der Waals surface area contributed by atoms with Crippen LogP contribution in [-0.2, 0) is 12.2 Å². The fourth-order valence-corrected chi connectivity index (χ4v) is 2.96. The Labute approximate surface area is 132 Å². The number of nitrogens with zero attached hydrogens (tertiary/aromatic N) is 2. The highest BCUT2D eigenvalue weighted by Crippen LogP contribution is 2.27. The number of quaternary nitrogens is 1. The van der Waals surface area contributed by atoms with Crippen LogP contribution in [0.5, 0.6) is 0 Å². The second kappa shape index (κ2) is 8.36. The van der Waals surface area contributed by atoms with E-state index in [0.29, 0.717) is 27.5 Å². The predicted octanol–water partition coefficient (Wildman–Crippen LogP) is 3.11. The van der Waals surface area contributed by atoms with Crippen LogP contribution in [0.4, 0.5) is 4.39 Å². The number of benzene rings is 1. The van der Waals surface area contributed by atoms with Crippen LogP contribution in [0.1, 0.15) is 30.7 Å². The highest BCUT2D eigenvalue weighted by molar-refractivity contribution is 7.98. The maximum absolute atomic E-state index is 13.6. The van der Waals surface area contributed by atoms with Crippen LogP contribution in [0.25, 0.3) is 0 Å². The van der Waals surface area contributed by atoms with E-state index in [1.807, 2.05) is 0 Å². The van der Waals surface area contributed by atoms with Gasteiger partial charge in [-0.15, -0.1) is 10.2 Å². The van der Waals surface area contributed by atoms with Gasteiger partial charge in [0.05, 0.1) is 6.54 Å². The quantitative estimate of drug-likeness (QED) is 0.596. The minimum absolute atomic E-state index is 0.317. The zero-order valence-electron chi connectivity index (χ0n) is 11.6. The Bertz CT molecular complexity index is 559. The summed E-state index contributed by atoms with van der Waals surface area (Å²) in [5.41, 5.74) is 4.26. The molecule has 2 aromatic rings. The molecule has 7 heteroatoms. The van der Waals surface area contributed by atoms with Crippen LogP contribution in [0, 0.1) is 5.82 Å². The van der Waals surface area contributed by atoms with E-state index in [-0.39, 0.29) is 5.82 Å². The van der Waals surface area contributed by atoms with Crippen molar-refractivity contribution in [2.45, 2.75) is 36.7 Å². The van der Waals surface area contributed by atoms with Gasteiger partial charge in [0.2, 0.25) is 5.89 Å². The molecule has 3 N–H and O–H groups in total. The van der Waals surface area contributed by atoms with Crippen molar-refractivity contribution in [3.63, 3.8) is 0 Å². The Hall–Kier alpha value is -1.11. The van der Waals surface area contributed by atoms with Gasteiger partial charge in [0.25, 0.3) is 5.22 Å². The normalized spacial score (nSPS) is 11.0. The van der Waals surface area contributed by atoms with Crippen molar-refractivity contribution in [3.8, 4) is 0 Å². The zero-order chi connectivity index (χ0) is 15.1. The number of unbranched alkanes of at least 4 members (excludes halogenated alkanes) is 2. The van der Waals surface area contributed by atoms with E-state index in [4.69, 9.17) is 16.0 Å². The molecule has 0 atom stereocenters. The molecular formula is C14H18ClFN3OS+. The van der Waals surface area contributed by atoms with E-state index < -0.39 is 0 Å². The summed E-state index contributed by atoms with van der Waals surface area (Å²) >= 11 is 7.27. The predicted molar refractivity (Wildman–Crippen MR) is 80.6 cm³/mol. The van der Waals surface area contributed by atoms with Gasteiger partial charge < -0.3 is 10.2 Å². The van der Waals surface area contributed by atoms with Crippen LogP contribution in [0.3, 0.4) is 0 Å². The Balaban J connectivity index is 1.85. The number of aromatic nitrogens is 2. The minimum Gasteiger partial charge on any atom is -0.416 e. The Morgan fingerprint density at radius 1 is 1.24 bits per heavy atom. The van der Waals surface area contributed by atoms with E-state index in [0.717, 1.165) is 32.2 Å². The molecule has 0 aliphatic carbocycles. The molecule has 114 valence electrons. The maximum atomic E-state index is 13.6. The molecule has 0 radical (unpaired) electrons. The molecule has 1 aromatic heterocycles. The monoisotopic (exact) mass is 330 g/mol. The van der Waals surface area contributed by atoms with Crippen molar-refractivity contribution in [2.24, 2.45) is 0 Å². The van der Waals surface area contributed by atoms with Crippen LogP contribution < -0.4 is 5.73 Å². The molecule has 2 rings (SSSR count). The first-order valence-electron chi connectivity index (χ1n) is 6.88. The van der Waals surface area contributed by atoms with Gasteiger partial charge in [-0.3, -0.25) is 0 Å². The number of aryl methyl sites for hydroxylation is 1. The van der Waals surface area contributed by atoms with Gasteiger partial charge in [-0.25, -0.2) is 4.39 Å². The van der Waals surface area contributed by atoms with Gasteiger partial charge in [-0.2, -0.15) is 0 Å². The van der Waals surface area contributed by atoms with Crippen LogP contribution in [0.15, 0.2) is 27.8 Å². The largest absolute Gasteiger partial charge is 0.416 e. The van der Waals surface area contributed by atoms with Crippen molar-refractivity contribution in [2.75, 3.05) is 6.54 Å². The molecule has 0 aliphatic heterocycles. The van der Waals surface area contributed by atoms with Gasteiger partial charge in [0.15, 0.2) is 0 Å². The lowest BCUT2D eigenvalue weighted by molar-refractivity contribution is -0.368. The van der Waals surface area contributed by atoms with E-state index in [9.17, 15) is 4.39 Å². The molecule has 0 spiro atoms. The average molecular weight is 331 g/mol. The zero-order valence-corrected chi connectivity index (χ0v) is 13.2. The second-order valence-corrected chi connectivity index (χ2v) is 5.95. The summed E-state index contributed by atoms with van der Waals surface area (Å²) in [6.07, 6.45) is 4.01. The number of rotatable bonds is 8. The maximum Gasteiger partial charge on any atom is 0.276 e. The molecule has 4 nitrogen and oxygen atoms in total. The lowest BCUT2D eigenvalue weighted by Gasteiger charge is -2.02. The summed E-state index contributed by atoms with van der Waals surface area (Å²) in [4.78, 5) is 0. The Morgan fingerprint density at radius 3 is 2.86 bits per heavy atom. The van der Waals surface area contributed by atoms with Crippen molar-refractivity contribution < 1.29 is 14.5 Å². The summed E-state index contributed by atoms with van der Waals surface area (Å²) in [7, 11) is 0. The SMILES string of the molecule is [NH3+]CCCCCc1nnc(SCc2c(F)cccc2Cl)o1. The summed E-state index contributed by atoms with van der Waals surface area (Å²) in [6, 6.07) is 4.65. The van der Waals surface area contributed by atoms with E-state index >= 15 is 0 Å². The third-order valence-corrected chi connectivity index (χ3v) is 4.19. The molecule has 0 bridgehead atoms. The number of hydrogen-bond acceptors (Lipinski definition) is 4. The van der Waals surface area contributed by atoms with Crippen LogP contribution >= 0.6 is 23.4 Å². The standard InChI is InChI=1S/C14H17ClFN3OS/c15-11-5-4-6-12(16)10(11)9-21-14-19-18-13(20-14)7-2-1-3-8-17/h4-6H,1-3,7-9,17H2/p+1. The average Bonchev–Trinajstić information content (AvgIpc) is 2.91. The molecule has 1 heterocycles. The fraction of sp³-hybridized carbons (Fsp3) is 0.429. The van der Waals surface area contributed by atoms with Crippen molar-refractivity contribution in [1.82, 2.24) is 10.2 Å². The van der Waals surface area contributed by atoms with Crippen LogP contribution in [-0.4, -0.2) is 16.7 Å². The second-order valence-electron chi connectivity index (χ2n) is 4.61. The highest BCUT2D eigenvalue weighted by atomic mass is 35.5. The van der Waals surface area contributed by atoms with E-state index in [2.05, 4.69) is 15.9 Å². The molecule has 21 heavy (non-hydrogen) atoms. The smallest absolute Gasteiger partial charge is 0.276 e. The molecule has 0 fully saturated rings. The lowest BCUT2D eigenvalue weighted by atomic mass is 10.2. The van der Waals surface area contributed by atoms with Gasteiger partial charge >= 0.3 is 0 Å². The molecule has 1 aromatic carbocycles. The minimum atomic E-state index is -0.317. The number of hydrogen-bond donors (Lipinski definition) is 1. The summed E-state index contributed by atoms with van der Waals surface area (Å²) in [5.74, 6) is 0.679. The Morgan fingerprint density at radius 2 is 2.10 bits per heavy atom. The van der Waals surface area contributed by atoms with Crippen molar-refractivity contribution in [3.05, 3.63) is 40.5 Å². The van der Waals surface area contributed by atoms with Gasteiger partial charge in [-0.05, 0) is 31.4 Å². The molecule has 0 aliphatic rings. The Kier molecular flexibility index (Phi) is 6.48. The molecular weight excluding hydrogens is 313 g/mol. The van der Waals surface area contributed by atoms with Crippen molar-refractivity contribution in [1.29, 1.82) is 0 Å². The van der Waals surface area contributed by atoms with Crippen molar-refractivity contribution >= 4 is 23.4 Å². The molecule has 0 saturated carbocycles.